The zero-order valence-corrected chi connectivity index (χ0v) is 12.6. The van der Waals surface area contributed by atoms with Crippen LogP contribution in [0.5, 0.6) is 0 Å². The zero-order valence-electron chi connectivity index (χ0n) is 11.8. The molecule has 1 aromatic heterocycles. The van der Waals surface area contributed by atoms with Crippen LogP contribution in [-0.4, -0.2) is 10.9 Å². The van der Waals surface area contributed by atoms with Gasteiger partial charge in [0.25, 0.3) is 5.91 Å². The number of nitrogens with one attached hydrogen (secondary N) is 2. The summed E-state index contributed by atoms with van der Waals surface area (Å²) in [6, 6.07) is 14.0. The fraction of sp³-hybridized carbons (Fsp3) is 0.0625. The number of carbonyl (C=O) groups excluding carboxylic acids is 1. The molecule has 0 aliphatic carbocycles. The Bertz CT molecular complexity index is 765. The fourth-order valence-electron chi connectivity index (χ4n) is 1.68. The predicted molar refractivity (Wildman–Crippen MR) is 86.4 cm³/mol. The fourth-order valence-corrected chi connectivity index (χ4v) is 1.87. The summed E-state index contributed by atoms with van der Waals surface area (Å²) < 4.78 is 0. The molecule has 0 saturated carbocycles. The first kappa shape index (κ1) is 15.5. The third-order valence-electron chi connectivity index (χ3n) is 2.70. The van der Waals surface area contributed by atoms with Crippen LogP contribution >= 0.6 is 11.6 Å². The van der Waals surface area contributed by atoms with Crippen LogP contribution in [0.3, 0.4) is 0 Å². The molecule has 6 heteroatoms. The minimum atomic E-state index is -0.523. The van der Waals surface area contributed by atoms with E-state index in [1.54, 1.807) is 30.3 Å². The first-order valence-corrected chi connectivity index (χ1v) is 6.83. The average Bonchev–Trinajstić information content (AvgIpc) is 2.48. The monoisotopic (exact) mass is 312 g/mol. The van der Waals surface area contributed by atoms with Crippen LogP contribution in [0.1, 0.15) is 5.69 Å². The van der Waals surface area contributed by atoms with Crippen LogP contribution in [-0.2, 0) is 4.79 Å². The smallest absolute Gasteiger partial charge is 0.267 e. The topological polar surface area (TPSA) is 77.8 Å². The quantitative estimate of drug-likeness (QED) is 0.669. The van der Waals surface area contributed by atoms with Gasteiger partial charge in [-0.1, -0.05) is 23.7 Å². The SMILES string of the molecule is Cc1cccc(N/C=C(/C#N)C(=O)Nc2cccc(Cl)c2)n1. The van der Waals surface area contributed by atoms with Crippen LogP contribution in [0.25, 0.3) is 0 Å². The lowest BCUT2D eigenvalue weighted by Gasteiger charge is -2.05. The highest BCUT2D eigenvalue weighted by Gasteiger charge is 2.09. The number of amides is 1. The zero-order chi connectivity index (χ0) is 15.9. The molecule has 1 aromatic carbocycles. The van der Waals surface area contributed by atoms with E-state index in [-0.39, 0.29) is 5.57 Å². The Hall–Kier alpha value is -2.84. The molecule has 0 radical (unpaired) electrons. The third kappa shape index (κ3) is 4.33. The van der Waals surface area contributed by atoms with Crippen LogP contribution in [0.2, 0.25) is 5.02 Å². The maximum atomic E-state index is 12.0. The number of carbonyl (C=O) groups is 1. The van der Waals surface area contributed by atoms with Crippen molar-refractivity contribution in [3.8, 4) is 6.07 Å². The van der Waals surface area contributed by atoms with Crippen molar-refractivity contribution in [3.63, 3.8) is 0 Å². The first-order chi connectivity index (χ1) is 10.6. The molecule has 0 aliphatic rings. The Labute approximate surface area is 133 Å². The van der Waals surface area contributed by atoms with Gasteiger partial charge in [-0.15, -0.1) is 0 Å². The van der Waals surface area contributed by atoms with Gasteiger partial charge in [0.2, 0.25) is 0 Å². The van der Waals surface area contributed by atoms with E-state index in [2.05, 4.69) is 15.6 Å². The summed E-state index contributed by atoms with van der Waals surface area (Å²) in [6.07, 6.45) is 1.32. The predicted octanol–water partition coefficient (Wildman–Crippen LogP) is 3.50. The third-order valence-corrected chi connectivity index (χ3v) is 2.94. The van der Waals surface area contributed by atoms with Crippen molar-refractivity contribution in [2.45, 2.75) is 6.92 Å². The van der Waals surface area contributed by atoms with Gasteiger partial charge >= 0.3 is 0 Å². The van der Waals surface area contributed by atoms with Gasteiger partial charge in [-0.25, -0.2) is 4.98 Å². The van der Waals surface area contributed by atoms with E-state index in [1.165, 1.54) is 6.20 Å². The van der Waals surface area contributed by atoms with Crippen LogP contribution in [0.4, 0.5) is 11.5 Å². The number of aryl methyl sites for hydroxylation is 1. The van der Waals surface area contributed by atoms with Gasteiger partial charge in [0.05, 0.1) is 0 Å². The summed E-state index contributed by atoms with van der Waals surface area (Å²) >= 11 is 5.85. The molecule has 0 aliphatic heterocycles. The standard InChI is InChI=1S/C16H13ClN4O/c1-11-4-2-7-15(20-11)19-10-12(9-18)16(22)21-14-6-3-5-13(17)8-14/h2-8,10H,1H3,(H,19,20)(H,21,22)/b12-10-. The van der Waals surface area contributed by atoms with Gasteiger partial charge in [-0.3, -0.25) is 4.79 Å². The number of aromatic nitrogens is 1. The van der Waals surface area contributed by atoms with Crippen molar-refractivity contribution in [1.29, 1.82) is 5.26 Å². The lowest BCUT2D eigenvalue weighted by atomic mass is 10.2. The molecule has 0 spiro atoms. The molecule has 1 amide bonds. The van der Waals surface area contributed by atoms with Gasteiger partial charge in [-0.05, 0) is 37.3 Å². The van der Waals surface area contributed by atoms with Gasteiger partial charge in [-0.2, -0.15) is 5.26 Å². The second kappa shape index (κ2) is 7.25. The Morgan fingerprint density at radius 2 is 2.09 bits per heavy atom. The highest BCUT2D eigenvalue weighted by molar-refractivity contribution is 6.31. The summed E-state index contributed by atoms with van der Waals surface area (Å²) in [7, 11) is 0. The van der Waals surface area contributed by atoms with Crippen molar-refractivity contribution in [2.75, 3.05) is 10.6 Å². The average molecular weight is 313 g/mol. The maximum absolute atomic E-state index is 12.0. The largest absolute Gasteiger partial charge is 0.345 e. The van der Waals surface area contributed by atoms with E-state index in [4.69, 9.17) is 16.9 Å². The van der Waals surface area contributed by atoms with Crippen LogP contribution in [0, 0.1) is 18.3 Å². The number of pyridine rings is 1. The van der Waals surface area contributed by atoms with Gasteiger partial charge < -0.3 is 10.6 Å². The molecule has 0 saturated heterocycles. The van der Waals surface area contributed by atoms with Crippen molar-refractivity contribution in [2.24, 2.45) is 0 Å². The van der Waals surface area contributed by atoms with E-state index >= 15 is 0 Å². The maximum Gasteiger partial charge on any atom is 0.267 e. The van der Waals surface area contributed by atoms with E-state index < -0.39 is 5.91 Å². The minimum absolute atomic E-state index is 0.0664. The van der Waals surface area contributed by atoms with Crippen molar-refractivity contribution >= 4 is 29.0 Å². The number of halogens is 1. The van der Waals surface area contributed by atoms with Crippen LogP contribution in [0.15, 0.2) is 54.2 Å². The van der Waals surface area contributed by atoms with Gasteiger partial charge in [0.1, 0.15) is 17.5 Å². The van der Waals surface area contributed by atoms with E-state index in [9.17, 15) is 4.79 Å². The first-order valence-electron chi connectivity index (χ1n) is 6.46. The number of rotatable bonds is 4. The molecule has 22 heavy (non-hydrogen) atoms. The Balaban J connectivity index is 2.09. The lowest BCUT2D eigenvalue weighted by molar-refractivity contribution is -0.112. The highest BCUT2D eigenvalue weighted by atomic mass is 35.5. The molecule has 0 unspecified atom stereocenters. The minimum Gasteiger partial charge on any atom is -0.345 e. The van der Waals surface area contributed by atoms with E-state index in [0.29, 0.717) is 16.5 Å². The van der Waals surface area contributed by atoms with Crippen molar-refractivity contribution in [1.82, 2.24) is 4.98 Å². The molecule has 5 nitrogen and oxygen atoms in total. The van der Waals surface area contributed by atoms with Gasteiger partial charge in [0, 0.05) is 22.6 Å². The van der Waals surface area contributed by atoms with Crippen LogP contribution < -0.4 is 10.6 Å². The number of nitriles is 1. The molecule has 2 N–H and O–H groups in total. The lowest BCUT2D eigenvalue weighted by Crippen LogP contribution is -2.14. The second-order valence-electron chi connectivity index (χ2n) is 4.44. The molecule has 1 heterocycles. The summed E-state index contributed by atoms with van der Waals surface area (Å²) in [5.74, 6) is 0.0354. The number of nitrogens with zero attached hydrogens (tertiary/aromatic N) is 2. The molecule has 2 rings (SSSR count). The normalized spacial score (nSPS) is 10.7. The molecular formula is C16H13ClN4O. The Morgan fingerprint density at radius 3 is 2.77 bits per heavy atom. The summed E-state index contributed by atoms with van der Waals surface area (Å²) in [5.41, 5.74) is 1.29. The molecular weight excluding hydrogens is 300 g/mol. The van der Waals surface area contributed by atoms with E-state index in [0.717, 1.165) is 5.69 Å². The summed E-state index contributed by atoms with van der Waals surface area (Å²) in [6.45, 7) is 1.85. The summed E-state index contributed by atoms with van der Waals surface area (Å²) in [5, 5.41) is 15.0. The number of hydrogen-bond donors (Lipinski definition) is 2. The molecule has 2 aromatic rings. The van der Waals surface area contributed by atoms with Gasteiger partial charge in [0.15, 0.2) is 0 Å². The number of benzene rings is 1. The molecule has 0 bridgehead atoms. The molecule has 110 valence electrons. The van der Waals surface area contributed by atoms with Crippen molar-refractivity contribution in [3.05, 3.63) is 65.0 Å². The Morgan fingerprint density at radius 1 is 1.32 bits per heavy atom. The number of anilines is 2. The Kier molecular flexibility index (Phi) is 5.12. The van der Waals surface area contributed by atoms with E-state index in [1.807, 2.05) is 25.1 Å². The molecule has 0 atom stereocenters. The van der Waals surface area contributed by atoms with Crippen molar-refractivity contribution < 1.29 is 4.79 Å². The second-order valence-corrected chi connectivity index (χ2v) is 4.88. The molecule has 0 fully saturated rings. The highest BCUT2D eigenvalue weighted by Crippen LogP contribution is 2.15. The number of hydrogen-bond acceptors (Lipinski definition) is 4. The summed E-state index contributed by atoms with van der Waals surface area (Å²) in [4.78, 5) is 16.3.